The van der Waals surface area contributed by atoms with Crippen LogP contribution in [-0.2, 0) is 16.1 Å². The van der Waals surface area contributed by atoms with Crippen LogP contribution in [0.4, 0.5) is 0 Å². The van der Waals surface area contributed by atoms with Gasteiger partial charge in [0.2, 0.25) is 5.82 Å². The van der Waals surface area contributed by atoms with Gasteiger partial charge >= 0.3 is 5.97 Å². The molecule has 0 radical (unpaired) electrons. The van der Waals surface area contributed by atoms with Crippen LogP contribution in [0.2, 0.25) is 5.02 Å². The zero-order valence-electron chi connectivity index (χ0n) is 14.6. The van der Waals surface area contributed by atoms with Crippen molar-refractivity contribution in [1.82, 2.24) is 10.1 Å². The fourth-order valence-corrected chi connectivity index (χ4v) is 3.13. The second kappa shape index (κ2) is 9.43. The Balaban J connectivity index is 1.43. The van der Waals surface area contributed by atoms with Gasteiger partial charge in [-0.3, -0.25) is 4.79 Å². The number of thioether (sulfide) groups is 1. The summed E-state index contributed by atoms with van der Waals surface area (Å²) in [6.45, 7) is -0.0480. The molecule has 0 atom stereocenters. The van der Waals surface area contributed by atoms with E-state index in [-0.39, 0.29) is 24.9 Å². The fourth-order valence-electron chi connectivity index (χ4n) is 2.17. The second-order valence-corrected chi connectivity index (χ2v) is 7.06. The molecule has 0 saturated carbocycles. The SMILES string of the molecule is COc1ccc(-c2noc(COC(=O)CCSc3ccc(Cl)cc3)n2)cc1. The van der Waals surface area contributed by atoms with Gasteiger partial charge in [0, 0.05) is 21.2 Å². The lowest BCUT2D eigenvalue weighted by molar-refractivity contribution is -0.145. The Morgan fingerprint density at radius 2 is 1.89 bits per heavy atom. The van der Waals surface area contributed by atoms with Crippen LogP contribution in [0.3, 0.4) is 0 Å². The molecule has 3 aromatic rings. The van der Waals surface area contributed by atoms with Crippen molar-refractivity contribution in [2.75, 3.05) is 12.9 Å². The summed E-state index contributed by atoms with van der Waals surface area (Å²) in [6, 6.07) is 14.7. The summed E-state index contributed by atoms with van der Waals surface area (Å²) in [5.41, 5.74) is 0.788. The number of carbonyl (C=O) groups is 1. The third kappa shape index (κ3) is 5.74. The number of rotatable bonds is 8. The maximum atomic E-state index is 11.8. The van der Waals surface area contributed by atoms with Crippen LogP contribution in [0, 0.1) is 0 Å². The number of methoxy groups -OCH3 is 1. The average molecular weight is 405 g/mol. The van der Waals surface area contributed by atoms with E-state index in [4.69, 9.17) is 25.6 Å². The first-order chi connectivity index (χ1) is 13.1. The molecule has 0 aliphatic carbocycles. The molecule has 0 aliphatic rings. The van der Waals surface area contributed by atoms with Crippen LogP contribution < -0.4 is 4.74 Å². The first-order valence-corrected chi connectivity index (χ1v) is 9.51. The van der Waals surface area contributed by atoms with Crippen molar-refractivity contribution in [3.63, 3.8) is 0 Å². The summed E-state index contributed by atoms with van der Waals surface area (Å²) in [7, 11) is 1.60. The standard InChI is InChI=1S/C19H17ClN2O4S/c1-24-15-6-2-13(3-7-15)19-21-17(26-22-19)12-25-18(23)10-11-27-16-8-4-14(20)5-9-16/h2-9H,10-12H2,1H3. The third-order valence-electron chi connectivity index (χ3n) is 3.56. The van der Waals surface area contributed by atoms with Crippen LogP contribution in [0.25, 0.3) is 11.4 Å². The lowest BCUT2D eigenvalue weighted by Crippen LogP contribution is -2.05. The normalized spacial score (nSPS) is 10.6. The number of nitrogens with zero attached hydrogens (tertiary/aromatic N) is 2. The van der Waals surface area contributed by atoms with Gasteiger partial charge in [0.1, 0.15) is 5.75 Å². The first-order valence-electron chi connectivity index (χ1n) is 8.15. The summed E-state index contributed by atoms with van der Waals surface area (Å²) in [6.07, 6.45) is 0.284. The molecule has 0 spiro atoms. The van der Waals surface area contributed by atoms with Crippen molar-refractivity contribution in [3.8, 4) is 17.1 Å². The van der Waals surface area contributed by atoms with Gasteiger partial charge in [-0.25, -0.2) is 0 Å². The Morgan fingerprint density at radius 1 is 1.15 bits per heavy atom. The van der Waals surface area contributed by atoms with Gasteiger partial charge in [0.25, 0.3) is 5.89 Å². The lowest BCUT2D eigenvalue weighted by Gasteiger charge is -2.02. The summed E-state index contributed by atoms with van der Waals surface area (Å²) in [5, 5.41) is 4.58. The van der Waals surface area contributed by atoms with E-state index >= 15 is 0 Å². The third-order valence-corrected chi connectivity index (χ3v) is 4.83. The molecule has 0 saturated heterocycles. The van der Waals surface area contributed by atoms with E-state index in [0.717, 1.165) is 16.2 Å². The molecule has 8 heteroatoms. The highest BCUT2D eigenvalue weighted by Crippen LogP contribution is 2.22. The number of carbonyl (C=O) groups excluding carboxylic acids is 1. The maximum absolute atomic E-state index is 11.8. The molecule has 3 rings (SSSR count). The monoisotopic (exact) mass is 404 g/mol. The van der Waals surface area contributed by atoms with Crippen LogP contribution in [0.15, 0.2) is 57.9 Å². The van der Waals surface area contributed by atoms with Crippen molar-refractivity contribution in [1.29, 1.82) is 0 Å². The van der Waals surface area contributed by atoms with E-state index in [1.807, 2.05) is 48.5 Å². The predicted molar refractivity (Wildman–Crippen MR) is 103 cm³/mol. The van der Waals surface area contributed by atoms with E-state index in [0.29, 0.717) is 16.6 Å². The van der Waals surface area contributed by atoms with Gasteiger partial charge in [0.05, 0.1) is 13.5 Å². The highest BCUT2D eigenvalue weighted by atomic mass is 35.5. The largest absolute Gasteiger partial charge is 0.497 e. The van der Waals surface area contributed by atoms with Crippen molar-refractivity contribution < 1.29 is 18.8 Å². The number of hydrogen-bond donors (Lipinski definition) is 0. The molecular formula is C19H17ClN2O4S. The quantitative estimate of drug-likeness (QED) is 0.400. The van der Waals surface area contributed by atoms with Gasteiger partial charge in [0.15, 0.2) is 6.61 Å². The molecular weight excluding hydrogens is 388 g/mol. The molecule has 1 heterocycles. The number of benzene rings is 2. The molecule has 1 aromatic heterocycles. The van der Waals surface area contributed by atoms with Crippen LogP contribution >= 0.6 is 23.4 Å². The first kappa shape index (κ1) is 19.3. The summed E-state index contributed by atoms with van der Waals surface area (Å²) < 4.78 is 15.4. The molecule has 0 aliphatic heterocycles. The minimum Gasteiger partial charge on any atom is -0.497 e. The molecule has 0 unspecified atom stereocenters. The molecule has 6 nitrogen and oxygen atoms in total. The van der Waals surface area contributed by atoms with Gasteiger partial charge in [-0.2, -0.15) is 4.98 Å². The predicted octanol–water partition coefficient (Wildman–Crippen LogP) is 4.62. The van der Waals surface area contributed by atoms with Crippen LogP contribution in [-0.4, -0.2) is 29.0 Å². The van der Waals surface area contributed by atoms with Gasteiger partial charge < -0.3 is 14.0 Å². The average Bonchev–Trinajstić information content (AvgIpc) is 3.17. The number of esters is 1. The Hall–Kier alpha value is -2.51. The zero-order chi connectivity index (χ0) is 19.1. The summed E-state index contributed by atoms with van der Waals surface area (Å²) in [5.74, 6) is 1.72. The van der Waals surface area contributed by atoms with E-state index in [1.54, 1.807) is 18.9 Å². The van der Waals surface area contributed by atoms with E-state index < -0.39 is 0 Å². The Morgan fingerprint density at radius 3 is 2.59 bits per heavy atom. The molecule has 0 fully saturated rings. The molecule has 0 amide bonds. The highest BCUT2D eigenvalue weighted by Gasteiger charge is 2.11. The second-order valence-electron chi connectivity index (χ2n) is 5.45. The topological polar surface area (TPSA) is 74.5 Å². The Labute approximate surface area is 165 Å². The minimum absolute atomic E-state index is 0.0480. The maximum Gasteiger partial charge on any atom is 0.307 e. The zero-order valence-corrected chi connectivity index (χ0v) is 16.1. The highest BCUT2D eigenvalue weighted by molar-refractivity contribution is 7.99. The van der Waals surface area contributed by atoms with Crippen molar-refractivity contribution in [2.45, 2.75) is 17.9 Å². The van der Waals surface area contributed by atoms with Crippen LogP contribution in [0.5, 0.6) is 5.75 Å². The number of halogens is 1. The number of ether oxygens (including phenoxy) is 2. The van der Waals surface area contributed by atoms with Crippen molar-refractivity contribution in [3.05, 3.63) is 59.4 Å². The van der Waals surface area contributed by atoms with Gasteiger partial charge in [-0.15, -0.1) is 11.8 Å². The summed E-state index contributed by atoms with van der Waals surface area (Å²) >= 11 is 7.40. The number of aromatic nitrogens is 2. The van der Waals surface area contributed by atoms with E-state index in [1.165, 1.54) is 0 Å². The van der Waals surface area contributed by atoms with Crippen LogP contribution in [0.1, 0.15) is 12.3 Å². The Kier molecular flexibility index (Phi) is 6.73. The molecule has 27 heavy (non-hydrogen) atoms. The molecule has 2 aromatic carbocycles. The number of hydrogen-bond acceptors (Lipinski definition) is 7. The van der Waals surface area contributed by atoms with Crippen molar-refractivity contribution >= 4 is 29.3 Å². The van der Waals surface area contributed by atoms with E-state index in [9.17, 15) is 4.79 Å². The minimum atomic E-state index is -0.319. The van der Waals surface area contributed by atoms with Crippen molar-refractivity contribution in [2.24, 2.45) is 0 Å². The fraction of sp³-hybridized carbons (Fsp3) is 0.211. The molecule has 0 bridgehead atoms. The van der Waals surface area contributed by atoms with E-state index in [2.05, 4.69) is 10.1 Å². The molecule has 0 N–H and O–H groups in total. The lowest BCUT2D eigenvalue weighted by atomic mass is 10.2. The Bertz CT molecular complexity index is 881. The molecule has 140 valence electrons. The van der Waals surface area contributed by atoms with Gasteiger partial charge in [-0.1, -0.05) is 16.8 Å². The van der Waals surface area contributed by atoms with Gasteiger partial charge in [-0.05, 0) is 48.5 Å². The summed E-state index contributed by atoms with van der Waals surface area (Å²) in [4.78, 5) is 17.1. The smallest absolute Gasteiger partial charge is 0.307 e.